The highest BCUT2D eigenvalue weighted by molar-refractivity contribution is 6.20. The molecule has 0 aromatic heterocycles. The topological polar surface area (TPSA) is 96.0 Å². The Kier molecular flexibility index (Phi) is 4.02. The molecule has 0 N–H and O–H groups in total. The number of Topliss-reactive ketones (excluding diaryl/α,β-unsaturated/α-hetero) is 1. The molecule has 2 rings (SSSR count). The first kappa shape index (κ1) is 15.5. The summed E-state index contributed by atoms with van der Waals surface area (Å²) in [4.78, 5) is 48.1. The Balaban J connectivity index is 2.19. The van der Waals surface area contributed by atoms with Gasteiger partial charge in [0.15, 0.2) is 5.78 Å². The quantitative estimate of drug-likeness (QED) is 0.541. The maximum atomic E-state index is 12.4. The Labute approximate surface area is 121 Å². The van der Waals surface area contributed by atoms with Crippen molar-refractivity contribution in [1.82, 2.24) is 0 Å². The van der Waals surface area contributed by atoms with Gasteiger partial charge in [-0.2, -0.15) is 0 Å². The zero-order valence-corrected chi connectivity index (χ0v) is 12.2. The highest BCUT2D eigenvalue weighted by atomic mass is 16.7. The van der Waals surface area contributed by atoms with Crippen molar-refractivity contribution >= 4 is 23.7 Å². The number of hydrogen-bond donors (Lipinski definition) is 0. The van der Waals surface area contributed by atoms with Gasteiger partial charge in [0, 0.05) is 13.8 Å². The van der Waals surface area contributed by atoms with Crippen molar-refractivity contribution in [2.75, 3.05) is 6.61 Å². The average molecular weight is 298 g/mol. The number of ketones is 1. The van der Waals surface area contributed by atoms with E-state index < -0.39 is 41.3 Å². The molecular weight excluding hydrogens is 280 g/mol. The summed E-state index contributed by atoms with van der Waals surface area (Å²) in [5, 5.41) is 0. The predicted octanol–water partition coefficient (Wildman–Crippen LogP) is 0.597. The Bertz CT molecular complexity index is 470. The van der Waals surface area contributed by atoms with E-state index in [0.29, 0.717) is 12.8 Å². The van der Waals surface area contributed by atoms with Crippen LogP contribution in [0.1, 0.15) is 33.6 Å². The van der Waals surface area contributed by atoms with Crippen LogP contribution in [-0.2, 0) is 33.4 Å². The van der Waals surface area contributed by atoms with Crippen LogP contribution in [0.2, 0.25) is 0 Å². The van der Waals surface area contributed by atoms with Gasteiger partial charge in [-0.15, -0.1) is 0 Å². The lowest BCUT2D eigenvalue weighted by molar-refractivity contribution is -0.238. The molecule has 1 atom stereocenters. The van der Waals surface area contributed by atoms with Gasteiger partial charge in [0.05, 0.1) is 6.61 Å². The molecule has 21 heavy (non-hydrogen) atoms. The summed E-state index contributed by atoms with van der Waals surface area (Å²) in [6, 6.07) is 0. The third kappa shape index (κ3) is 3.22. The fourth-order valence-corrected chi connectivity index (χ4v) is 2.33. The minimum atomic E-state index is -1.70. The molecule has 2 fully saturated rings. The van der Waals surface area contributed by atoms with E-state index in [0.717, 1.165) is 0 Å². The molecule has 1 unspecified atom stereocenters. The smallest absolute Gasteiger partial charge is 0.331 e. The average Bonchev–Trinajstić information content (AvgIpc) is 3.11. The summed E-state index contributed by atoms with van der Waals surface area (Å²) < 4.78 is 14.7. The summed E-state index contributed by atoms with van der Waals surface area (Å²) in [7, 11) is 0. The van der Waals surface area contributed by atoms with Gasteiger partial charge in [0.25, 0.3) is 5.79 Å². The van der Waals surface area contributed by atoms with Crippen LogP contribution in [0.25, 0.3) is 0 Å². The molecule has 1 heterocycles. The third-order valence-corrected chi connectivity index (χ3v) is 3.39. The van der Waals surface area contributed by atoms with Gasteiger partial charge in [0.2, 0.25) is 5.92 Å². The van der Waals surface area contributed by atoms with Crippen molar-refractivity contribution < 1.29 is 33.4 Å². The molecule has 1 saturated carbocycles. The Morgan fingerprint density at radius 3 is 2.19 bits per heavy atom. The number of ether oxygens (including phenoxy) is 3. The summed E-state index contributed by atoms with van der Waals surface area (Å²) in [6.07, 6.45) is 1.38. The van der Waals surface area contributed by atoms with E-state index in [9.17, 15) is 19.2 Å². The second-order valence-electron chi connectivity index (χ2n) is 5.64. The summed E-state index contributed by atoms with van der Waals surface area (Å²) in [6.45, 7) is 4.54. The SMILES string of the molecule is CCOC(=O)C(C(=O)C1C(=O)OC(C)(C)OC1=O)C1CC1. The molecule has 0 radical (unpaired) electrons. The van der Waals surface area contributed by atoms with E-state index in [1.54, 1.807) is 6.92 Å². The van der Waals surface area contributed by atoms with Gasteiger partial charge < -0.3 is 14.2 Å². The van der Waals surface area contributed by atoms with E-state index in [-0.39, 0.29) is 12.5 Å². The zero-order chi connectivity index (χ0) is 15.8. The van der Waals surface area contributed by atoms with Gasteiger partial charge in [-0.05, 0) is 25.7 Å². The van der Waals surface area contributed by atoms with Crippen LogP contribution in [0.4, 0.5) is 0 Å². The largest absolute Gasteiger partial charge is 0.465 e. The van der Waals surface area contributed by atoms with E-state index in [2.05, 4.69) is 0 Å². The Hall–Kier alpha value is -1.92. The van der Waals surface area contributed by atoms with Gasteiger partial charge in [-0.3, -0.25) is 19.2 Å². The van der Waals surface area contributed by atoms with Gasteiger partial charge in [0.1, 0.15) is 5.92 Å². The maximum absolute atomic E-state index is 12.4. The Morgan fingerprint density at radius 2 is 1.76 bits per heavy atom. The second-order valence-corrected chi connectivity index (χ2v) is 5.64. The lowest BCUT2D eigenvalue weighted by atomic mass is 9.88. The molecule has 7 nitrogen and oxygen atoms in total. The monoisotopic (exact) mass is 298 g/mol. The fourth-order valence-electron chi connectivity index (χ4n) is 2.33. The van der Waals surface area contributed by atoms with E-state index in [1.807, 2.05) is 0 Å². The van der Waals surface area contributed by atoms with Crippen LogP contribution < -0.4 is 0 Å². The van der Waals surface area contributed by atoms with Gasteiger partial charge in [-0.25, -0.2) is 0 Å². The molecule has 0 bridgehead atoms. The first-order valence-corrected chi connectivity index (χ1v) is 6.93. The first-order chi connectivity index (χ1) is 9.76. The minimum absolute atomic E-state index is 0.127. The number of esters is 3. The number of rotatable bonds is 5. The van der Waals surface area contributed by atoms with Crippen molar-refractivity contribution in [2.45, 2.75) is 39.4 Å². The minimum Gasteiger partial charge on any atom is -0.465 e. The Morgan fingerprint density at radius 1 is 1.24 bits per heavy atom. The maximum Gasteiger partial charge on any atom is 0.331 e. The van der Waals surface area contributed by atoms with Crippen molar-refractivity contribution in [1.29, 1.82) is 0 Å². The second kappa shape index (κ2) is 5.46. The van der Waals surface area contributed by atoms with Crippen LogP contribution in [0.5, 0.6) is 0 Å². The van der Waals surface area contributed by atoms with Crippen molar-refractivity contribution in [3.8, 4) is 0 Å². The summed E-state index contributed by atoms with van der Waals surface area (Å²) in [5.41, 5.74) is 0. The van der Waals surface area contributed by atoms with E-state index in [4.69, 9.17) is 14.2 Å². The van der Waals surface area contributed by atoms with Crippen LogP contribution in [0.3, 0.4) is 0 Å². The molecule has 1 aliphatic carbocycles. The van der Waals surface area contributed by atoms with Crippen molar-refractivity contribution in [2.24, 2.45) is 17.8 Å². The van der Waals surface area contributed by atoms with Gasteiger partial charge in [-0.1, -0.05) is 0 Å². The molecule has 2 aliphatic rings. The van der Waals surface area contributed by atoms with Crippen LogP contribution in [0, 0.1) is 17.8 Å². The number of carbonyl (C=O) groups excluding carboxylic acids is 4. The van der Waals surface area contributed by atoms with Crippen LogP contribution in [0.15, 0.2) is 0 Å². The van der Waals surface area contributed by atoms with Crippen molar-refractivity contribution in [3.63, 3.8) is 0 Å². The fraction of sp³-hybridized carbons (Fsp3) is 0.714. The molecule has 116 valence electrons. The molecule has 1 aliphatic heterocycles. The lowest BCUT2D eigenvalue weighted by Crippen LogP contribution is -2.51. The highest BCUT2D eigenvalue weighted by Gasteiger charge is 2.53. The van der Waals surface area contributed by atoms with E-state index in [1.165, 1.54) is 13.8 Å². The number of hydrogen-bond acceptors (Lipinski definition) is 7. The number of carbonyl (C=O) groups is 4. The predicted molar refractivity (Wildman–Crippen MR) is 67.6 cm³/mol. The first-order valence-electron chi connectivity index (χ1n) is 6.93. The molecule has 0 aromatic carbocycles. The standard InChI is InChI=1S/C14H18O7/c1-4-19-11(16)8(7-5-6-7)10(15)9-12(17)20-14(2,3)21-13(9)18/h7-9H,4-6H2,1-3H3. The van der Waals surface area contributed by atoms with Crippen LogP contribution >= 0.6 is 0 Å². The highest BCUT2D eigenvalue weighted by Crippen LogP contribution is 2.40. The molecule has 0 aromatic rings. The lowest BCUT2D eigenvalue weighted by Gasteiger charge is -2.33. The number of cyclic esters (lactones) is 2. The molecule has 7 heteroatoms. The normalized spacial score (nSPS) is 23.0. The zero-order valence-electron chi connectivity index (χ0n) is 12.2. The van der Waals surface area contributed by atoms with Gasteiger partial charge >= 0.3 is 17.9 Å². The molecule has 1 saturated heterocycles. The summed E-state index contributed by atoms with van der Waals surface area (Å²) >= 11 is 0. The van der Waals surface area contributed by atoms with Crippen molar-refractivity contribution in [3.05, 3.63) is 0 Å². The molecule has 0 spiro atoms. The molecule has 0 amide bonds. The third-order valence-electron chi connectivity index (χ3n) is 3.39. The molecular formula is C14H18O7. The van der Waals surface area contributed by atoms with E-state index >= 15 is 0 Å². The summed E-state index contributed by atoms with van der Waals surface area (Å²) in [5.74, 6) is -7.81. The van der Waals surface area contributed by atoms with Crippen LogP contribution in [-0.4, -0.2) is 36.1 Å².